The molecule has 2 rings (SSSR count). The molecule has 1 aliphatic heterocycles. The van der Waals surface area contributed by atoms with Gasteiger partial charge in [-0.2, -0.15) is 0 Å². The van der Waals surface area contributed by atoms with Gasteiger partial charge in [-0.05, 0) is 24.3 Å². The molecule has 0 saturated carbocycles. The maximum atomic E-state index is 11.8. The van der Waals surface area contributed by atoms with Crippen molar-refractivity contribution < 1.29 is 13.2 Å². The van der Waals surface area contributed by atoms with E-state index in [1.165, 1.54) is 0 Å². The van der Waals surface area contributed by atoms with Crippen LogP contribution in [0.25, 0.3) is 0 Å². The van der Waals surface area contributed by atoms with Crippen molar-refractivity contribution in [2.45, 2.75) is 6.42 Å². The standard InChI is InChI=1S/C13H16N2O3S/c1-3-10-8-13(16)15(9-10)12-6-4-11(5-7-12)14-19(2,17)18/h3-7,10,14H,1,8-9H2,2H3. The molecule has 1 aliphatic rings. The maximum Gasteiger partial charge on any atom is 0.229 e. The topological polar surface area (TPSA) is 66.5 Å². The predicted molar refractivity (Wildman–Crippen MR) is 75.6 cm³/mol. The zero-order valence-electron chi connectivity index (χ0n) is 10.7. The summed E-state index contributed by atoms with van der Waals surface area (Å²) in [5.74, 6) is 0.245. The molecule has 1 fully saturated rings. The Bertz CT molecular complexity index is 593. The summed E-state index contributed by atoms with van der Waals surface area (Å²) >= 11 is 0. The van der Waals surface area contributed by atoms with Gasteiger partial charge in [-0.1, -0.05) is 6.08 Å². The van der Waals surface area contributed by atoms with Crippen LogP contribution in [0.15, 0.2) is 36.9 Å². The van der Waals surface area contributed by atoms with Crippen molar-refractivity contribution in [2.24, 2.45) is 5.92 Å². The number of carbonyl (C=O) groups excluding carboxylic acids is 1. The van der Waals surface area contributed by atoms with Crippen LogP contribution < -0.4 is 9.62 Å². The van der Waals surface area contributed by atoms with Gasteiger partial charge in [0.15, 0.2) is 0 Å². The molecule has 0 bridgehead atoms. The highest BCUT2D eigenvalue weighted by Gasteiger charge is 2.28. The molecule has 1 heterocycles. The smallest absolute Gasteiger partial charge is 0.229 e. The van der Waals surface area contributed by atoms with Gasteiger partial charge in [-0.3, -0.25) is 9.52 Å². The molecule has 0 spiro atoms. The van der Waals surface area contributed by atoms with Gasteiger partial charge in [0, 0.05) is 30.3 Å². The highest BCUT2D eigenvalue weighted by Crippen LogP contribution is 2.26. The van der Waals surface area contributed by atoms with Gasteiger partial charge in [0.1, 0.15) is 0 Å². The number of sulfonamides is 1. The second-order valence-electron chi connectivity index (χ2n) is 4.63. The van der Waals surface area contributed by atoms with E-state index >= 15 is 0 Å². The number of nitrogens with one attached hydrogen (secondary N) is 1. The third kappa shape index (κ3) is 3.35. The number of anilines is 2. The Labute approximate surface area is 113 Å². The highest BCUT2D eigenvalue weighted by molar-refractivity contribution is 7.92. The van der Waals surface area contributed by atoms with E-state index in [0.717, 1.165) is 11.9 Å². The zero-order chi connectivity index (χ0) is 14.0. The summed E-state index contributed by atoms with van der Waals surface area (Å²) in [6.07, 6.45) is 3.36. The first-order valence-corrected chi connectivity index (χ1v) is 7.79. The molecule has 1 amide bonds. The molecule has 6 heteroatoms. The molecule has 1 N–H and O–H groups in total. The summed E-state index contributed by atoms with van der Waals surface area (Å²) in [5, 5.41) is 0. The summed E-state index contributed by atoms with van der Waals surface area (Å²) in [7, 11) is -3.28. The molecule has 1 atom stereocenters. The van der Waals surface area contributed by atoms with Crippen molar-refractivity contribution in [1.82, 2.24) is 0 Å². The monoisotopic (exact) mass is 280 g/mol. The molecule has 0 aliphatic carbocycles. The number of rotatable bonds is 4. The zero-order valence-corrected chi connectivity index (χ0v) is 11.5. The highest BCUT2D eigenvalue weighted by atomic mass is 32.2. The van der Waals surface area contributed by atoms with E-state index in [4.69, 9.17) is 0 Å². The molecule has 1 unspecified atom stereocenters. The average Bonchev–Trinajstić information content (AvgIpc) is 2.70. The second-order valence-corrected chi connectivity index (χ2v) is 6.37. The normalized spacial score (nSPS) is 19.5. The molecule has 1 aromatic carbocycles. The number of carbonyl (C=O) groups is 1. The summed E-state index contributed by atoms with van der Waals surface area (Å²) in [6.45, 7) is 4.33. The van der Waals surface area contributed by atoms with Crippen LogP contribution in [0.5, 0.6) is 0 Å². The van der Waals surface area contributed by atoms with E-state index in [1.54, 1.807) is 35.2 Å². The molecule has 1 saturated heterocycles. The van der Waals surface area contributed by atoms with Crippen LogP contribution in [0, 0.1) is 5.92 Å². The number of amides is 1. The fraction of sp³-hybridized carbons (Fsp3) is 0.308. The summed E-state index contributed by atoms with van der Waals surface area (Å²) in [4.78, 5) is 13.5. The van der Waals surface area contributed by atoms with E-state index in [2.05, 4.69) is 11.3 Å². The SMILES string of the molecule is C=CC1CC(=O)N(c2ccc(NS(C)(=O)=O)cc2)C1. The Morgan fingerprint density at radius 1 is 1.37 bits per heavy atom. The first-order valence-electron chi connectivity index (χ1n) is 5.90. The van der Waals surface area contributed by atoms with Crippen LogP contribution in [-0.4, -0.2) is 27.1 Å². The van der Waals surface area contributed by atoms with Crippen LogP contribution >= 0.6 is 0 Å². The predicted octanol–water partition coefficient (Wildman–Crippen LogP) is 1.60. The minimum atomic E-state index is -3.28. The summed E-state index contributed by atoms with van der Waals surface area (Å²) < 4.78 is 24.6. The first-order chi connectivity index (χ1) is 8.89. The van der Waals surface area contributed by atoms with E-state index in [1.807, 2.05) is 0 Å². The Balaban J connectivity index is 2.15. The van der Waals surface area contributed by atoms with Gasteiger partial charge in [0.2, 0.25) is 15.9 Å². The Kier molecular flexibility index (Phi) is 3.61. The van der Waals surface area contributed by atoms with Gasteiger partial charge in [0.25, 0.3) is 0 Å². The van der Waals surface area contributed by atoms with Crippen molar-refractivity contribution >= 4 is 27.3 Å². The van der Waals surface area contributed by atoms with Crippen LogP contribution in [-0.2, 0) is 14.8 Å². The lowest BCUT2D eigenvalue weighted by Gasteiger charge is -2.16. The Hall–Kier alpha value is -1.82. The minimum absolute atomic E-state index is 0.0636. The minimum Gasteiger partial charge on any atom is -0.312 e. The number of benzene rings is 1. The lowest BCUT2D eigenvalue weighted by atomic mass is 10.1. The quantitative estimate of drug-likeness (QED) is 0.852. The number of hydrogen-bond acceptors (Lipinski definition) is 3. The molecular formula is C13H16N2O3S. The number of nitrogens with zero attached hydrogens (tertiary/aromatic N) is 1. The largest absolute Gasteiger partial charge is 0.312 e. The van der Waals surface area contributed by atoms with Gasteiger partial charge in [-0.15, -0.1) is 6.58 Å². The van der Waals surface area contributed by atoms with E-state index < -0.39 is 10.0 Å². The third-order valence-electron chi connectivity index (χ3n) is 2.97. The van der Waals surface area contributed by atoms with Gasteiger partial charge < -0.3 is 4.90 Å². The molecule has 19 heavy (non-hydrogen) atoms. The van der Waals surface area contributed by atoms with Crippen molar-refractivity contribution in [3.05, 3.63) is 36.9 Å². The van der Waals surface area contributed by atoms with Gasteiger partial charge >= 0.3 is 0 Å². The summed E-state index contributed by atoms with van der Waals surface area (Å²) in [6, 6.07) is 6.75. The first kappa shape index (κ1) is 13.6. The molecule has 1 aromatic rings. The van der Waals surface area contributed by atoms with Crippen LogP contribution in [0.4, 0.5) is 11.4 Å². The molecular weight excluding hydrogens is 264 g/mol. The van der Waals surface area contributed by atoms with Crippen LogP contribution in [0.2, 0.25) is 0 Å². The number of hydrogen-bond donors (Lipinski definition) is 1. The van der Waals surface area contributed by atoms with E-state index in [0.29, 0.717) is 18.7 Å². The lowest BCUT2D eigenvalue weighted by molar-refractivity contribution is -0.117. The van der Waals surface area contributed by atoms with Crippen molar-refractivity contribution in [1.29, 1.82) is 0 Å². The maximum absolute atomic E-state index is 11.8. The van der Waals surface area contributed by atoms with E-state index in [-0.39, 0.29) is 11.8 Å². The third-order valence-corrected chi connectivity index (χ3v) is 3.58. The van der Waals surface area contributed by atoms with Crippen LogP contribution in [0.3, 0.4) is 0 Å². The molecule has 0 radical (unpaired) electrons. The molecule has 102 valence electrons. The van der Waals surface area contributed by atoms with E-state index in [9.17, 15) is 13.2 Å². The van der Waals surface area contributed by atoms with Gasteiger partial charge in [-0.25, -0.2) is 8.42 Å². The lowest BCUT2D eigenvalue weighted by Crippen LogP contribution is -2.24. The van der Waals surface area contributed by atoms with Gasteiger partial charge in [0.05, 0.1) is 6.26 Å². The van der Waals surface area contributed by atoms with Crippen LogP contribution in [0.1, 0.15) is 6.42 Å². The molecule has 5 nitrogen and oxygen atoms in total. The molecule has 0 aromatic heterocycles. The fourth-order valence-corrected chi connectivity index (χ4v) is 2.63. The average molecular weight is 280 g/mol. The van der Waals surface area contributed by atoms with Crippen molar-refractivity contribution in [3.8, 4) is 0 Å². The van der Waals surface area contributed by atoms with Crippen molar-refractivity contribution in [3.63, 3.8) is 0 Å². The fourth-order valence-electron chi connectivity index (χ4n) is 2.07. The Morgan fingerprint density at radius 2 is 2.00 bits per heavy atom. The summed E-state index contributed by atoms with van der Waals surface area (Å²) in [5.41, 5.74) is 1.26. The second kappa shape index (κ2) is 5.05. The Morgan fingerprint density at radius 3 is 2.47 bits per heavy atom. The van der Waals surface area contributed by atoms with Crippen molar-refractivity contribution in [2.75, 3.05) is 22.4 Å².